The number of benzene rings is 1. The first kappa shape index (κ1) is 16.8. The summed E-state index contributed by atoms with van der Waals surface area (Å²) in [6, 6.07) is 7.94. The molecule has 3 rings (SSSR count). The molecule has 0 spiro atoms. The van der Waals surface area contributed by atoms with Gasteiger partial charge in [0.1, 0.15) is 0 Å². The normalized spacial score (nSPS) is 18.0. The van der Waals surface area contributed by atoms with Gasteiger partial charge in [-0.3, -0.25) is 9.59 Å². The van der Waals surface area contributed by atoms with Crippen molar-refractivity contribution in [2.45, 2.75) is 13.3 Å². The Morgan fingerprint density at radius 3 is 2.77 bits per heavy atom. The maximum Gasteiger partial charge on any atom is 0.246 e. The first-order chi connectivity index (χ1) is 10.2. The van der Waals surface area contributed by atoms with Crippen LogP contribution in [0.15, 0.2) is 24.3 Å². The standard InChI is InChI=1S/C16H21N3O2.ClH/c1-11(13-8-17-9-13)16(21)18-10-15(20)19-7-6-12-4-2-3-5-14(12)19;/h2-5,11,13,17H,6-10H2,1H3,(H,18,21);1H. The molecule has 0 aliphatic carbocycles. The van der Waals surface area contributed by atoms with E-state index in [0.29, 0.717) is 12.5 Å². The number of para-hydroxylation sites is 1. The summed E-state index contributed by atoms with van der Waals surface area (Å²) in [5.41, 5.74) is 2.18. The van der Waals surface area contributed by atoms with Gasteiger partial charge in [0, 0.05) is 18.2 Å². The molecule has 0 aromatic heterocycles. The lowest BCUT2D eigenvalue weighted by molar-refractivity contribution is -0.129. The van der Waals surface area contributed by atoms with Crippen LogP contribution in [0.25, 0.3) is 0 Å². The molecule has 0 bridgehead atoms. The monoisotopic (exact) mass is 323 g/mol. The fraction of sp³-hybridized carbons (Fsp3) is 0.500. The van der Waals surface area contributed by atoms with Crippen LogP contribution >= 0.6 is 12.4 Å². The van der Waals surface area contributed by atoms with Crippen molar-refractivity contribution >= 4 is 29.9 Å². The molecule has 2 heterocycles. The summed E-state index contributed by atoms with van der Waals surface area (Å²) in [6.45, 7) is 4.49. The number of anilines is 1. The highest BCUT2D eigenvalue weighted by Gasteiger charge is 2.29. The number of carbonyl (C=O) groups is 2. The van der Waals surface area contributed by atoms with Crippen LogP contribution in [-0.4, -0.2) is 38.0 Å². The van der Waals surface area contributed by atoms with Crippen LogP contribution in [0.3, 0.4) is 0 Å². The minimum absolute atomic E-state index is 0. The molecular formula is C16H22ClN3O2. The number of nitrogens with one attached hydrogen (secondary N) is 2. The number of nitrogens with zero attached hydrogens (tertiary/aromatic N) is 1. The Balaban J connectivity index is 0.00000176. The Bertz CT molecular complexity index is 560. The number of amides is 2. The molecule has 6 heteroatoms. The van der Waals surface area contributed by atoms with Crippen LogP contribution < -0.4 is 15.5 Å². The molecule has 1 unspecified atom stereocenters. The van der Waals surface area contributed by atoms with E-state index in [1.807, 2.05) is 31.2 Å². The van der Waals surface area contributed by atoms with Crippen molar-refractivity contribution in [2.75, 3.05) is 31.1 Å². The average Bonchev–Trinajstić information content (AvgIpc) is 2.86. The maximum atomic E-state index is 12.3. The van der Waals surface area contributed by atoms with Gasteiger partial charge in [0.05, 0.1) is 6.54 Å². The number of fused-ring (bicyclic) bond motifs is 1. The largest absolute Gasteiger partial charge is 0.347 e. The Morgan fingerprint density at radius 2 is 2.09 bits per heavy atom. The molecule has 1 saturated heterocycles. The predicted octanol–water partition coefficient (Wildman–Crippen LogP) is 0.969. The third kappa shape index (κ3) is 3.25. The number of rotatable bonds is 4. The van der Waals surface area contributed by atoms with Gasteiger partial charge >= 0.3 is 0 Å². The van der Waals surface area contributed by atoms with E-state index in [2.05, 4.69) is 10.6 Å². The lowest BCUT2D eigenvalue weighted by atomic mass is 9.88. The molecule has 2 aliphatic heterocycles. The van der Waals surface area contributed by atoms with Crippen LogP contribution in [0, 0.1) is 11.8 Å². The van der Waals surface area contributed by atoms with Crippen molar-refractivity contribution in [3.05, 3.63) is 29.8 Å². The molecule has 5 nitrogen and oxygen atoms in total. The van der Waals surface area contributed by atoms with Gasteiger partial charge in [-0.25, -0.2) is 0 Å². The van der Waals surface area contributed by atoms with Crippen LogP contribution in [0.5, 0.6) is 0 Å². The first-order valence-electron chi connectivity index (χ1n) is 7.53. The number of carbonyl (C=O) groups excluding carboxylic acids is 2. The highest BCUT2D eigenvalue weighted by atomic mass is 35.5. The number of hydrogen-bond acceptors (Lipinski definition) is 3. The van der Waals surface area contributed by atoms with E-state index in [9.17, 15) is 9.59 Å². The van der Waals surface area contributed by atoms with Gasteiger partial charge in [-0.1, -0.05) is 25.1 Å². The maximum absolute atomic E-state index is 12.3. The summed E-state index contributed by atoms with van der Waals surface area (Å²) in [7, 11) is 0. The highest BCUT2D eigenvalue weighted by Crippen LogP contribution is 2.27. The van der Waals surface area contributed by atoms with E-state index >= 15 is 0 Å². The summed E-state index contributed by atoms with van der Waals surface area (Å²) in [5.74, 6) is 0.298. The number of hydrogen-bond donors (Lipinski definition) is 2. The lowest BCUT2D eigenvalue weighted by Crippen LogP contribution is -2.50. The van der Waals surface area contributed by atoms with E-state index in [1.165, 1.54) is 5.56 Å². The van der Waals surface area contributed by atoms with Crippen LogP contribution in [-0.2, 0) is 16.0 Å². The van der Waals surface area contributed by atoms with Crippen molar-refractivity contribution in [2.24, 2.45) is 11.8 Å². The fourth-order valence-electron chi connectivity index (χ4n) is 2.90. The van der Waals surface area contributed by atoms with Gasteiger partial charge in [-0.2, -0.15) is 0 Å². The molecule has 0 saturated carbocycles. The van der Waals surface area contributed by atoms with Crippen LogP contribution in [0.2, 0.25) is 0 Å². The summed E-state index contributed by atoms with van der Waals surface area (Å²) in [4.78, 5) is 26.1. The van der Waals surface area contributed by atoms with Gasteiger partial charge in [0.15, 0.2) is 0 Å². The molecule has 2 aliphatic rings. The summed E-state index contributed by atoms with van der Waals surface area (Å²) >= 11 is 0. The lowest BCUT2D eigenvalue weighted by Gasteiger charge is -2.31. The Hall–Kier alpha value is -1.59. The highest BCUT2D eigenvalue weighted by molar-refractivity contribution is 5.98. The van der Waals surface area contributed by atoms with Gasteiger partial charge in [-0.15, -0.1) is 12.4 Å². The zero-order valence-corrected chi connectivity index (χ0v) is 13.5. The van der Waals surface area contributed by atoms with E-state index < -0.39 is 0 Å². The zero-order chi connectivity index (χ0) is 14.8. The average molecular weight is 324 g/mol. The molecule has 1 aromatic rings. The number of halogens is 1. The molecule has 120 valence electrons. The minimum atomic E-state index is -0.0371. The molecule has 1 aromatic carbocycles. The summed E-state index contributed by atoms with van der Waals surface area (Å²) in [6.07, 6.45) is 0.889. The van der Waals surface area contributed by atoms with Crippen molar-refractivity contribution in [3.8, 4) is 0 Å². The quantitative estimate of drug-likeness (QED) is 0.868. The SMILES string of the molecule is CC(C(=O)NCC(=O)N1CCc2ccccc21)C1CNC1.Cl. The van der Waals surface area contributed by atoms with Gasteiger partial charge in [0.25, 0.3) is 0 Å². The molecule has 2 N–H and O–H groups in total. The van der Waals surface area contributed by atoms with E-state index in [0.717, 1.165) is 25.2 Å². The first-order valence-corrected chi connectivity index (χ1v) is 7.53. The van der Waals surface area contributed by atoms with Crippen molar-refractivity contribution in [1.29, 1.82) is 0 Å². The van der Waals surface area contributed by atoms with Crippen molar-refractivity contribution in [3.63, 3.8) is 0 Å². The van der Waals surface area contributed by atoms with Crippen molar-refractivity contribution < 1.29 is 9.59 Å². The molecule has 2 amide bonds. The van der Waals surface area contributed by atoms with E-state index in [-0.39, 0.29) is 36.7 Å². The van der Waals surface area contributed by atoms with Gasteiger partial charge < -0.3 is 15.5 Å². The second kappa shape index (κ2) is 7.11. The molecule has 1 atom stereocenters. The third-order valence-electron chi connectivity index (χ3n) is 4.54. The van der Waals surface area contributed by atoms with E-state index in [4.69, 9.17) is 0 Å². The molecule has 0 radical (unpaired) electrons. The molecular weight excluding hydrogens is 302 g/mol. The topological polar surface area (TPSA) is 61.4 Å². The van der Waals surface area contributed by atoms with Gasteiger partial charge in [0.2, 0.25) is 11.8 Å². The second-order valence-electron chi connectivity index (χ2n) is 5.85. The summed E-state index contributed by atoms with van der Waals surface area (Å²) < 4.78 is 0. The smallest absolute Gasteiger partial charge is 0.246 e. The van der Waals surface area contributed by atoms with E-state index in [1.54, 1.807) is 4.90 Å². The summed E-state index contributed by atoms with van der Waals surface area (Å²) in [5, 5.41) is 5.94. The zero-order valence-electron chi connectivity index (χ0n) is 12.7. The molecule has 22 heavy (non-hydrogen) atoms. The van der Waals surface area contributed by atoms with Crippen LogP contribution in [0.4, 0.5) is 5.69 Å². The Kier molecular flexibility index (Phi) is 5.42. The Labute approximate surface area is 136 Å². The fourth-order valence-corrected chi connectivity index (χ4v) is 2.90. The Morgan fingerprint density at radius 1 is 1.36 bits per heavy atom. The minimum Gasteiger partial charge on any atom is -0.347 e. The predicted molar refractivity (Wildman–Crippen MR) is 88.3 cm³/mol. The second-order valence-corrected chi connectivity index (χ2v) is 5.85. The molecule has 1 fully saturated rings. The third-order valence-corrected chi connectivity index (χ3v) is 4.54. The van der Waals surface area contributed by atoms with Crippen LogP contribution in [0.1, 0.15) is 12.5 Å². The van der Waals surface area contributed by atoms with Crippen molar-refractivity contribution in [1.82, 2.24) is 10.6 Å². The van der Waals surface area contributed by atoms with Gasteiger partial charge in [-0.05, 0) is 37.1 Å².